The van der Waals surface area contributed by atoms with Crippen molar-refractivity contribution in [3.63, 3.8) is 0 Å². The third kappa shape index (κ3) is 2.14. The molecule has 3 heterocycles. The molecule has 1 aromatic rings. The van der Waals surface area contributed by atoms with Crippen molar-refractivity contribution >= 4 is 16.5 Å². The van der Waals surface area contributed by atoms with Crippen molar-refractivity contribution in [2.75, 3.05) is 10.8 Å². The van der Waals surface area contributed by atoms with Gasteiger partial charge in [0.05, 0.1) is 35.1 Å². The van der Waals surface area contributed by atoms with Crippen molar-refractivity contribution in [3.8, 4) is 6.07 Å². The zero-order valence-corrected chi connectivity index (χ0v) is 13.2. The number of fused-ring (bicyclic) bond motifs is 5. The molecule has 4 rings (SSSR count). The van der Waals surface area contributed by atoms with E-state index in [9.17, 15) is 22.3 Å². The van der Waals surface area contributed by atoms with E-state index < -0.39 is 33.3 Å². The number of nitriles is 1. The number of ether oxygens (including phenoxy) is 1. The van der Waals surface area contributed by atoms with Crippen LogP contribution in [0.25, 0.3) is 0 Å². The monoisotopic (exact) mass is 360 g/mol. The van der Waals surface area contributed by atoms with E-state index in [2.05, 4.69) is 0 Å². The number of benzene rings is 1. The zero-order chi connectivity index (χ0) is 17.3. The largest absolute Gasteiger partial charge is 0.417 e. The average Bonchev–Trinajstić information content (AvgIpc) is 3.18. The molecule has 0 saturated carbocycles. The summed E-state index contributed by atoms with van der Waals surface area (Å²) in [5.74, 6) is -0.0845. The van der Waals surface area contributed by atoms with Crippen molar-refractivity contribution in [3.05, 3.63) is 29.3 Å². The number of alkyl halides is 3. The second-order valence-corrected chi connectivity index (χ2v) is 8.49. The molecule has 130 valence electrons. The van der Waals surface area contributed by atoms with E-state index in [0.717, 1.165) is 25.0 Å². The Bertz CT molecular complexity index is 734. The number of hydrogen-bond donors (Lipinski definition) is 2. The fraction of sp³-hybridized carbons (Fsp3) is 0.533. The highest BCUT2D eigenvalue weighted by atomic mass is 32.3. The molecule has 3 saturated heterocycles. The van der Waals surface area contributed by atoms with Crippen LogP contribution in [-0.2, 0) is 10.9 Å². The van der Waals surface area contributed by atoms with Crippen molar-refractivity contribution in [1.29, 1.82) is 5.26 Å². The molecule has 3 aliphatic rings. The van der Waals surface area contributed by atoms with E-state index in [4.69, 9.17) is 10.00 Å². The molecule has 0 aliphatic carbocycles. The zero-order valence-electron chi connectivity index (χ0n) is 12.4. The minimum atomic E-state index is -4.68. The van der Waals surface area contributed by atoms with Gasteiger partial charge in [-0.3, -0.25) is 13.4 Å². The van der Waals surface area contributed by atoms with Crippen LogP contribution in [0.3, 0.4) is 0 Å². The summed E-state index contributed by atoms with van der Waals surface area (Å²) in [4.78, 5) is 0. The second kappa shape index (κ2) is 5.02. The maximum absolute atomic E-state index is 13.2. The summed E-state index contributed by atoms with van der Waals surface area (Å²) in [6.45, 7) is 0.247. The molecule has 0 unspecified atom stereocenters. The summed E-state index contributed by atoms with van der Waals surface area (Å²) in [5, 5.41) is 8.42. The summed E-state index contributed by atoms with van der Waals surface area (Å²) in [6, 6.07) is 4.77. The van der Waals surface area contributed by atoms with Crippen molar-refractivity contribution in [1.82, 2.24) is 0 Å². The van der Waals surface area contributed by atoms with Crippen LogP contribution in [0.15, 0.2) is 18.2 Å². The third-order valence-electron chi connectivity index (χ3n) is 5.13. The fourth-order valence-electron chi connectivity index (χ4n) is 4.12. The predicted octanol–water partition coefficient (Wildman–Crippen LogP) is 3.61. The lowest BCUT2D eigenvalue weighted by Gasteiger charge is -2.43. The normalized spacial score (nSPS) is 34.9. The summed E-state index contributed by atoms with van der Waals surface area (Å²) >= 11 is 0. The van der Waals surface area contributed by atoms with Gasteiger partial charge >= 0.3 is 6.18 Å². The molecule has 0 amide bonds. The van der Waals surface area contributed by atoms with E-state index in [1.807, 2.05) is 0 Å². The molecule has 3 aliphatic heterocycles. The van der Waals surface area contributed by atoms with Gasteiger partial charge in [0.2, 0.25) is 0 Å². The quantitative estimate of drug-likeness (QED) is 0.800. The smallest absolute Gasteiger partial charge is 0.373 e. The first kappa shape index (κ1) is 16.0. The molecule has 24 heavy (non-hydrogen) atoms. The Balaban J connectivity index is 1.74. The maximum atomic E-state index is 13.2. The van der Waals surface area contributed by atoms with Crippen molar-refractivity contribution in [2.45, 2.75) is 36.5 Å². The number of nitrogens with zero attached hydrogens (tertiary/aromatic N) is 2. The van der Waals surface area contributed by atoms with Crippen LogP contribution in [0.1, 0.15) is 24.0 Å². The van der Waals surface area contributed by atoms with Crippen molar-refractivity contribution < 1.29 is 27.0 Å². The summed E-state index contributed by atoms with van der Waals surface area (Å²) in [7, 11) is -3.27. The highest BCUT2D eigenvalue weighted by Crippen LogP contribution is 2.65. The molecule has 3 fully saturated rings. The van der Waals surface area contributed by atoms with E-state index >= 15 is 0 Å². The van der Waals surface area contributed by atoms with E-state index in [-0.39, 0.29) is 30.4 Å². The molecular weight excluding hydrogens is 345 g/mol. The van der Waals surface area contributed by atoms with Crippen LogP contribution in [0.2, 0.25) is 0 Å². The average molecular weight is 360 g/mol. The minimum Gasteiger partial charge on any atom is -0.373 e. The highest BCUT2D eigenvalue weighted by Gasteiger charge is 2.61. The number of rotatable bonds is 1. The number of halogens is 3. The molecule has 0 radical (unpaired) electrons. The Kier molecular flexibility index (Phi) is 3.35. The van der Waals surface area contributed by atoms with Gasteiger partial charge < -0.3 is 4.74 Å². The first-order chi connectivity index (χ1) is 11.2. The summed E-state index contributed by atoms with van der Waals surface area (Å²) in [5.41, 5.74) is -1.46. The second-order valence-electron chi connectivity index (χ2n) is 6.38. The minimum absolute atomic E-state index is 0.0587. The molecule has 2 N–H and O–H groups in total. The SMILES string of the molecule is N#Cc1ccc(N2C[C@H]3[C@H]([C@@H]4CC[C@H]3O4)S2(O)O)cc1C(F)(F)F. The Morgan fingerprint density at radius 1 is 1.25 bits per heavy atom. The topological polar surface area (TPSA) is 76.7 Å². The third-order valence-corrected chi connectivity index (χ3v) is 7.53. The van der Waals surface area contributed by atoms with Gasteiger partial charge in [-0.1, -0.05) is 0 Å². The maximum Gasteiger partial charge on any atom is 0.417 e. The highest BCUT2D eigenvalue weighted by molar-refractivity contribution is 8.26. The Morgan fingerprint density at radius 3 is 2.58 bits per heavy atom. The van der Waals surface area contributed by atoms with Gasteiger partial charge in [0, 0.05) is 12.5 Å². The number of anilines is 1. The van der Waals surface area contributed by atoms with Crippen molar-refractivity contribution in [2.24, 2.45) is 5.92 Å². The summed E-state index contributed by atoms with van der Waals surface area (Å²) < 4.78 is 67.8. The molecule has 1 aromatic carbocycles. The molecule has 0 aromatic heterocycles. The molecule has 5 nitrogen and oxygen atoms in total. The van der Waals surface area contributed by atoms with E-state index in [1.54, 1.807) is 0 Å². The Morgan fingerprint density at radius 2 is 1.96 bits per heavy atom. The van der Waals surface area contributed by atoms with Gasteiger partial charge in [0.25, 0.3) is 0 Å². The standard InChI is InChI=1S/C15H15F3N2O3S/c16-15(17,18)11-5-9(2-1-8(11)6-19)20-7-10-12-3-4-13(23-12)14(10)24(20,21)22/h1-2,5,10,12-14,21-22H,3-4,7H2/t10-,12-,13+,14-/m1/s1. The van der Waals surface area contributed by atoms with Gasteiger partial charge in [0.15, 0.2) is 0 Å². The lowest BCUT2D eigenvalue weighted by atomic mass is 9.89. The van der Waals surface area contributed by atoms with Crippen LogP contribution >= 0.6 is 10.8 Å². The van der Waals surface area contributed by atoms with E-state index in [0.29, 0.717) is 0 Å². The molecule has 9 heteroatoms. The van der Waals surface area contributed by atoms with Gasteiger partial charge in [-0.15, -0.1) is 10.8 Å². The van der Waals surface area contributed by atoms with Crippen LogP contribution in [-0.4, -0.2) is 33.1 Å². The van der Waals surface area contributed by atoms with Gasteiger partial charge in [-0.2, -0.15) is 18.4 Å². The lowest BCUT2D eigenvalue weighted by Crippen LogP contribution is -2.32. The van der Waals surface area contributed by atoms with Crippen LogP contribution in [0, 0.1) is 17.2 Å². The Hall–Kier alpha value is -1.47. The molecular formula is C15H15F3N2O3S. The van der Waals surface area contributed by atoms with Gasteiger partial charge in [-0.25, -0.2) is 0 Å². The first-order valence-electron chi connectivity index (χ1n) is 7.55. The summed E-state index contributed by atoms with van der Waals surface area (Å²) in [6.07, 6.45) is -3.39. The molecule has 0 spiro atoms. The van der Waals surface area contributed by atoms with Crippen LogP contribution in [0.5, 0.6) is 0 Å². The fourth-order valence-corrected chi connectivity index (χ4v) is 6.57. The predicted molar refractivity (Wildman–Crippen MR) is 81.5 cm³/mol. The van der Waals surface area contributed by atoms with Crippen LogP contribution in [0.4, 0.5) is 18.9 Å². The van der Waals surface area contributed by atoms with E-state index in [1.165, 1.54) is 16.4 Å². The lowest BCUT2D eigenvalue weighted by molar-refractivity contribution is -0.137. The number of hydrogen-bond acceptors (Lipinski definition) is 5. The van der Waals surface area contributed by atoms with Crippen LogP contribution < -0.4 is 4.31 Å². The van der Waals surface area contributed by atoms with Gasteiger partial charge in [0.1, 0.15) is 5.25 Å². The first-order valence-corrected chi connectivity index (χ1v) is 9.11. The molecule has 4 atom stereocenters. The Labute approximate surface area is 138 Å². The van der Waals surface area contributed by atoms with Gasteiger partial charge in [-0.05, 0) is 31.0 Å². The molecule has 2 bridgehead atoms.